The highest BCUT2D eigenvalue weighted by atomic mass is 15.1. The average molecular weight is 282 g/mol. The van der Waals surface area contributed by atoms with E-state index >= 15 is 0 Å². The number of nitrogen functional groups attached to an aromatic ring is 1. The van der Waals surface area contributed by atoms with E-state index in [1.54, 1.807) is 18.2 Å². The number of nitrogens with two attached hydrogens (primary N) is 1. The van der Waals surface area contributed by atoms with Crippen LogP contribution in [-0.4, -0.2) is 16.5 Å². The number of rotatable bonds is 5. The highest BCUT2D eigenvalue weighted by Crippen LogP contribution is 2.22. The third-order valence-corrected chi connectivity index (χ3v) is 2.93. The Balaban J connectivity index is 2.27. The van der Waals surface area contributed by atoms with Gasteiger partial charge in [0.2, 0.25) is 5.95 Å². The molecule has 108 valence electrons. The summed E-state index contributed by atoms with van der Waals surface area (Å²) in [5.74, 6) is 1.48. The second-order valence-corrected chi connectivity index (χ2v) is 4.69. The fraction of sp³-hybridized carbons (Fsp3) is 0.267. The fourth-order valence-electron chi connectivity index (χ4n) is 1.84. The summed E-state index contributed by atoms with van der Waals surface area (Å²) in [4.78, 5) is 8.30. The first-order valence-electron chi connectivity index (χ1n) is 6.78. The zero-order valence-electron chi connectivity index (χ0n) is 12.1. The lowest BCUT2D eigenvalue weighted by atomic mass is 10.1. The number of hydrogen-bond donors (Lipinski definition) is 3. The Bertz CT molecular complexity index is 674. The van der Waals surface area contributed by atoms with Crippen molar-refractivity contribution in [3.05, 3.63) is 35.4 Å². The molecule has 0 atom stereocenters. The summed E-state index contributed by atoms with van der Waals surface area (Å²) >= 11 is 0. The number of hydrogen-bond acceptors (Lipinski definition) is 6. The summed E-state index contributed by atoms with van der Waals surface area (Å²) in [6.45, 7) is 4.86. The molecule has 0 saturated carbocycles. The molecule has 0 saturated heterocycles. The number of nitrogens with zero attached hydrogens (tertiary/aromatic N) is 3. The molecule has 4 N–H and O–H groups in total. The zero-order chi connectivity index (χ0) is 15.2. The Kier molecular flexibility index (Phi) is 4.57. The number of anilines is 4. The van der Waals surface area contributed by atoms with Crippen LogP contribution in [0.4, 0.5) is 23.3 Å². The van der Waals surface area contributed by atoms with Gasteiger partial charge < -0.3 is 16.4 Å². The van der Waals surface area contributed by atoms with E-state index in [0.717, 1.165) is 24.2 Å². The summed E-state index contributed by atoms with van der Waals surface area (Å²) in [6, 6.07) is 9.37. The van der Waals surface area contributed by atoms with Crippen LogP contribution in [0.15, 0.2) is 24.3 Å². The fourth-order valence-corrected chi connectivity index (χ4v) is 1.84. The monoisotopic (exact) mass is 282 g/mol. The van der Waals surface area contributed by atoms with Gasteiger partial charge in [0.25, 0.3) is 0 Å². The van der Waals surface area contributed by atoms with Gasteiger partial charge in [0.1, 0.15) is 11.6 Å². The SMILES string of the molecule is CCCNc1cc(Nc2cc(C#N)ccc2C)nc(N)n1. The lowest BCUT2D eigenvalue weighted by Crippen LogP contribution is -2.07. The van der Waals surface area contributed by atoms with E-state index in [9.17, 15) is 0 Å². The molecule has 0 aliphatic heterocycles. The molecule has 2 aromatic rings. The van der Waals surface area contributed by atoms with Crippen molar-refractivity contribution in [3.63, 3.8) is 0 Å². The molecule has 6 nitrogen and oxygen atoms in total. The van der Waals surface area contributed by atoms with Crippen molar-refractivity contribution >= 4 is 23.3 Å². The van der Waals surface area contributed by atoms with Gasteiger partial charge in [-0.3, -0.25) is 0 Å². The van der Waals surface area contributed by atoms with E-state index in [0.29, 0.717) is 17.2 Å². The van der Waals surface area contributed by atoms with Crippen molar-refractivity contribution in [1.29, 1.82) is 5.26 Å². The van der Waals surface area contributed by atoms with Gasteiger partial charge in [0.15, 0.2) is 0 Å². The minimum absolute atomic E-state index is 0.202. The Morgan fingerprint density at radius 3 is 2.71 bits per heavy atom. The van der Waals surface area contributed by atoms with Crippen LogP contribution in [0.25, 0.3) is 0 Å². The van der Waals surface area contributed by atoms with Crippen LogP contribution in [0.5, 0.6) is 0 Å². The number of aryl methyl sites for hydroxylation is 1. The molecule has 0 spiro atoms. The van der Waals surface area contributed by atoms with Crippen LogP contribution in [-0.2, 0) is 0 Å². The summed E-state index contributed by atoms with van der Waals surface area (Å²) in [5, 5.41) is 15.3. The van der Waals surface area contributed by atoms with Crippen LogP contribution in [0, 0.1) is 18.3 Å². The first-order chi connectivity index (χ1) is 10.1. The Labute approximate surface area is 124 Å². The van der Waals surface area contributed by atoms with E-state index in [1.165, 1.54) is 0 Å². The van der Waals surface area contributed by atoms with Crippen molar-refractivity contribution in [2.75, 3.05) is 22.9 Å². The number of nitriles is 1. The van der Waals surface area contributed by atoms with E-state index in [-0.39, 0.29) is 5.95 Å². The van der Waals surface area contributed by atoms with E-state index in [2.05, 4.69) is 33.6 Å². The van der Waals surface area contributed by atoms with E-state index in [4.69, 9.17) is 11.0 Å². The molecule has 1 aromatic heterocycles. The highest BCUT2D eigenvalue weighted by Gasteiger charge is 2.05. The predicted octanol–water partition coefficient (Wildman–Crippen LogP) is 2.80. The van der Waals surface area contributed by atoms with Gasteiger partial charge in [0, 0.05) is 18.3 Å². The predicted molar refractivity (Wildman–Crippen MR) is 84.4 cm³/mol. The molecule has 2 rings (SSSR count). The minimum Gasteiger partial charge on any atom is -0.370 e. The second kappa shape index (κ2) is 6.57. The van der Waals surface area contributed by atoms with Crippen molar-refractivity contribution in [2.45, 2.75) is 20.3 Å². The van der Waals surface area contributed by atoms with Gasteiger partial charge in [-0.15, -0.1) is 0 Å². The topological polar surface area (TPSA) is 99.6 Å². The lowest BCUT2D eigenvalue weighted by molar-refractivity contribution is 0.967. The van der Waals surface area contributed by atoms with Gasteiger partial charge in [-0.2, -0.15) is 15.2 Å². The molecule has 0 fully saturated rings. The molecular weight excluding hydrogens is 264 g/mol. The van der Waals surface area contributed by atoms with Gasteiger partial charge in [0.05, 0.1) is 11.6 Å². The number of benzene rings is 1. The van der Waals surface area contributed by atoms with Crippen molar-refractivity contribution in [3.8, 4) is 6.07 Å². The normalized spacial score (nSPS) is 9.95. The minimum atomic E-state index is 0.202. The standard InChI is InChI=1S/C15H18N6/c1-3-6-18-13-8-14(21-15(17)20-13)19-12-7-11(9-16)5-4-10(12)2/h4-5,7-8H,3,6H2,1-2H3,(H4,17,18,19,20,21). The molecule has 0 radical (unpaired) electrons. The average Bonchev–Trinajstić information content (AvgIpc) is 2.47. The quantitative estimate of drug-likeness (QED) is 0.779. The van der Waals surface area contributed by atoms with Gasteiger partial charge in [-0.25, -0.2) is 0 Å². The maximum atomic E-state index is 8.97. The second-order valence-electron chi connectivity index (χ2n) is 4.69. The molecule has 21 heavy (non-hydrogen) atoms. The number of aromatic nitrogens is 2. The third-order valence-electron chi connectivity index (χ3n) is 2.93. The maximum Gasteiger partial charge on any atom is 0.223 e. The summed E-state index contributed by atoms with van der Waals surface area (Å²) in [7, 11) is 0. The molecule has 0 unspecified atom stereocenters. The zero-order valence-corrected chi connectivity index (χ0v) is 12.1. The largest absolute Gasteiger partial charge is 0.370 e. The first kappa shape index (κ1) is 14.6. The van der Waals surface area contributed by atoms with Crippen molar-refractivity contribution < 1.29 is 0 Å². The van der Waals surface area contributed by atoms with Crippen LogP contribution in [0.2, 0.25) is 0 Å². The van der Waals surface area contributed by atoms with Crippen molar-refractivity contribution in [1.82, 2.24) is 9.97 Å². The molecule has 6 heteroatoms. The van der Waals surface area contributed by atoms with E-state index in [1.807, 2.05) is 13.0 Å². The van der Waals surface area contributed by atoms with Gasteiger partial charge in [-0.1, -0.05) is 13.0 Å². The summed E-state index contributed by atoms with van der Waals surface area (Å²) in [6.07, 6.45) is 0.996. The molecule has 1 aromatic carbocycles. The molecule has 1 heterocycles. The molecule has 0 bridgehead atoms. The van der Waals surface area contributed by atoms with Crippen LogP contribution < -0.4 is 16.4 Å². The van der Waals surface area contributed by atoms with Crippen molar-refractivity contribution in [2.24, 2.45) is 0 Å². The van der Waals surface area contributed by atoms with E-state index < -0.39 is 0 Å². The van der Waals surface area contributed by atoms with Crippen LogP contribution in [0.1, 0.15) is 24.5 Å². The van der Waals surface area contributed by atoms with Crippen LogP contribution in [0.3, 0.4) is 0 Å². The Morgan fingerprint density at radius 1 is 1.24 bits per heavy atom. The van der Waals surface area contributed by atoms with Gasteiger partial charge in [-0.05, 0) is 31.0 Å². The highest BCUT2D eigenvalue weighted by molar-refractivity contribution is 5.65. The third kappa shape index (κ3) is 3.83. The smallest absolute Gasteiger partial charge is 0.223 e. The van der Waals surface area contributed by atoms with Crippen LogP contribution >= 0.6 is 0 Å². The molecular formula is C15H18N6. The lowest BCUT2D eigenvalue weighted by Gasteiger charge is -2.11. The molecule has 0 amide bonds. The van der Waals surface area contributed by atoms with Gasteiger partial charge >= 0.3 is 0 Å². The maximum absolute atomic E-state index is 8.97. The summed E-state index contributed by atoms with van der Waals surface area (Å²) in [5.41, 5.74) is 8.17. The Morgan fingerprint density at radius 2 is 2.00 bits per heavy atom. The first-order valence-corrected chi connectivity index (χ1v) is 6.78. The molecule has 0 aliphatic carbocycles. The summed E-state index contributed by atoms with van der Waals surface area (Å²) < 4.78 is 0. The molecule has 0 aliphatic rings. The number of nitrogens with one attached hydrogen (secondary N) is 2. The Hall–Kier alpha value is -2.81.